The van der Waals surface area contributed by atoms with Gasteiger partial charge in [-0.05, 0) is 68.0 Å². The SMILES string of the molecule is CCS(=O)(=O)NC(=O)c1cnn2c(Nc3cc(C)ccc3F)c(C(=O)N3CCC(c4ccc(OC)cc4)CC3)cnc12. The van der Waals surface area contributed by atoms with Gasteiger partial charge in [-0.3, -0.25) is 9.59 Å². The molecule has 11 nitrogen and oxygen atoms in total. The van der Waals surface area contributed by atoms with Crippen LogP contribution in [0.25, 0.3) is 5.65 Å². The van der Waals surface area contributed by atoms with E-state index in [1.807, 2.05) is 29.0 Å². The van der Waals surface area contributed by atoms with Gasteiger partial charge < -0.3 is 15.0 Å². The van der Waals surface area contributed by atoms with E-state index in [1.54, 1.807) is 31.1 Å². The number of methoxy groups -OCH3 is 1. The lowest BCUT2D eigenvalue weighted by Crippen LogP contribution is -2.38. The lowest BCUT2D eigenvalue weighted by Gasteiger charge is -2.32. The fourth-order valence-corrected chi connectivity index (χ4v) is 5.50. The number of ether oxygens (including phenoxy) is 1. The van der Waals surface area contributed by atoms with E-state index in [2.05, 4.69) is 15.4 Å². The molecule has 1 aliphatic rings. The number of likely N-dealkylation sites (tertiary alicyclic amines) is 1. The molecule has 5 rings (SSSR count). The fourth-order valence-electron chi connectivity index (χ4n) is 4.96. The third kappa shape index (κ3) is 5.91. The average Bonchev–Trinajstić information content (AvgIpc) is 3.44. The molecule has 0 spiro atoms. The van der Waals surface area contributed by atoms with Gasteiger partial charge in [-0.1, -0.05) is 18.2 Å². The number of nitrogens with one attached hydrogen (secondary N) is 2. The highest BCUT2D eigenvalue weighted by Gasteiger charge is 2.29. The second-order valence-corrected chi connectivity index (χ2v) is 12.1. The zero-order chi connectivity index (χ0) is 30.0. The number of anilines is 2. The number of piperidine rings is 1. The van der Waals surface area contributed by atoms with Gasteiger partial charge in [-0.15, -0.1) is 0 Å². The standard InChI is InChI=1S/C29H31FN6O5S/c1-4-42(39,40)34-28(37)22-17-32-36-26(22)31-16-23(27(36)33-25-15-18(2)5-10-24(25)30)29(38)35-13-11-20(12-14-35)19-6-8-21(41-3)9-7-19/h5-10,15-17,20,33H,4,11-14H2,1-3H3,(H,34,37). The van der Waals surface area contributed by atoms with Crippen LogP contribution in [0.5, 0.6) is 5.75 Å². The Kier molecular flexibility index (Phi) is 8.12. The van der Waals surface area contributed by atoms with Crippen molar-refractivity contribution in [1.29, 1.82) is 0 Å². The molecule has 220 valence electrons. The van der Waals surface area contributed by atoms with Gasteiger partial charge in [0.25, 0.3) is 11.8 Å². The third-order valence-electron chi connectivity index (χ3n) is 7.37. The van der Waals surface area contributed by atoms with Crippen LogP contribution in [0.2, 0.25) is 0 Å². The number of carbonyl (C=O) groups is 2. The fraction of sp³-hybridized carbons (Fsp3) is 0.310. The van der Waals surface area contributed by atoms with Gasteiger partial charge in [-0.25, -0.2) is 22.5 Å². The van der Waals surface area contributed by atoms with E-state index in [9.17, 15) is 22.4 Å². The molecule has 0 radical (unpaired) electrons. The Bertz CT molecular complexity index is 1750. The summed E-state index contributed by atoms with van der Waals surface area (Å²) in [7, 11) is -2.22. The normalized spacial score (nSPS) is 14.1. The molecule has 42 heavy (non-hydrogen) atoms. The van der Waals surface area contributed by atoms with Crippen LogP contribution in [-0.2, 0) is 10.0 Å². The molecule has 1 aliphatic heterocycles. The van der Waals surface area contributed by atoms with Gasteiger partial charge in [0.15, 0.2) is 5.65 Å². The van der Waals surface area contributed by atoms with Crippen molar-refractivity contribution in [3.8, 4) is 5.75 Å². The summed E-state index contributed by atoms with van der Waals surface area (Å²) in [6.07, 6.45) is 3.97. The lowest BCUT2D eigenvalue weighted by molar-refractivity contribution is 0.0713. The maximum atomic E-state index is 14.8. The molecule has 0 bridgehead atoms. The van der Waals surface area contributed by atoms with E-state index in [4.69, 9.17) is 4.74 Å². The number of aryl methyl sites for hydroxylation is 1. The Balaban J connectivity index is 1.47. The van der Waals surface area contributed by atoms with E-state index in [1.165, 1.54) is 29.3 Å². The summed E-state index contributed by atoms with van der Waals surface area (Å²) in [5, 5.41) is 7.21. The van der Waals surface area contributed by atoms with E-state index in [-0.39, 0.29) is 45.9 Å². The van der Waals surface area contributed by atoms with Crippen LogP contribution in [-0.4, -0.2) is 65.7 Å². The number of sulfonamides is 1. The Morgan fingerprint density at radius 3 is 2.45 bits per heavy atom. The number of halogens is 1. The number of fused-ring (bicyclic) bond motifs is 1. The first kappa shape index (κ1) is 29.0. The summed E-state index contributed by atoms with van der Waals surface area (Å²) < 4.78 is 47.2. The third-order valence-corrected chi connectivity index (χ3v) is 8.63. The van der Waals surface area contributed by atoms with Crippen LogP contribution in [0.1, 0.15) is 57.5 Å². The molecule has 13 heteroatoms. The number of rotatable bonds is 8. The van der Waals surface area contributed by atoms with E-state index in [0.29, 0.717) is 13.1 Å². The van der Waals surface area contributed by atoms with Crippen molar-refractivity contribution < 1.29 is 27.1 Å². The molecule has 2 amide bonds. The van der Waals surface area contributed by atoms with Gasteiger partial charge >= 0.3 is 0 Å². The molecule has 0 saturated carbocycles. The van der Waals surface area contributed by atoms with Gasteiger partial charge in [0.05, 0.1) is 24.7 Å². The molecule has 0 aliphatic carbocycles. The van der Waals surface area contributed by atoms with Gasteiger partial charge in [-0.2, -0.15) is 9.61 Å². The smallest absolute Gasteiger partial charge is 0.270 e. The molecular formula is C29H31FN6O5S. The minimum atomic E-state index is -3.84. The highest BCUT2D eigenvalue weighted by Crippen LogP contribution is 2.32. The highest BCUT2D eigenvalue weighted by atomic mass is 32.2. The first-order valence-electron chi connectivity index (χ1n) is 13.5. The Labute approximate surface area is 242 Å². The number of hydrogen-bond donors (Lipinski definition) is 2. The van der Waals surface area contributed by atoms with Gasteiger partial charge in [0, 0.05) is 19.3 Å². The molecule has 2 aromatic heterocycles. The number of aromatic nitrogens is 3. The Hall–Kier alpha value is -4.52. The molecule has 0 atom stereocenters. The van der Waals surface area contributed by atoms with Crippen molar-refractivity contribution in [2.45, 2.75) is 32.6 Å². The number of hydrogen-bond acceptors (Lipinski definition) is 8. The molecular weight excluding hydrogens is 563 g/mol. The van der Waals surface area contributed by atoms with Crippen LogP contribution in [0.15, 0.2) is 54.9 Å². The van der Waals surface area contributed by atoms with Crippen LogP contribution in [0.3, 0.4) is 0 Å². The quantitative estimate of drug-likeness (QED) is 0.312. The van der Waals surface area contributed by atoms with Crippen molar-refractivity contribution in [3.63, 3.8) is 0 Å². The molecule has 2 aromatic carbocycles. The molecule has 1 fully saturated rings. The summed E-state index contributed by atoms with van der Waals surface area (Å²) in [6, 6.07) is 12.4. The van der Waals surface area contributed by atoms with Crippen molar-refractivity contribution in [1.82, 2.24) is 24.2 Å². The summed E-state index contributed by atoms with van der Waals surface area (Å²) in [5.41, 5.74) is 2.08. The predicted molar refractivity (Wildman–Crippen MR) is 155 cm³/mol. The lowest BCUT2D eigenvalue weighted by atomic mass is 9.89. The Morgan fingerprint density at radius 2 is 1.79 bits per heavy atom. The minimum absolute atomic E-state index is 0.00382. The van der Waals surface area contributed by atoms with Crippen molar-refractivity contribution >= 4 is 39.0 Å². The molecule has 2 N–H and O–H groups in total. The average molecular weight is 595 g/mol. The van der Waals surface area contributed by atoms with E-state index >= 15 is 0 Å². The van der Waals surface area contributed by atoms with Gasteiger partial charge in [0.2, 0.25) is 10.0 Å². The summed E-state index contributed by atoms with van der Waals surface area (Å²) in [5.74, 6) is -0.919. The first-order valence-corrected chi connectivity index (χ1v) is 15.1. The maximum absolute atomic E-state index is 14.8. The van der Waals surface area contributed by atoms with Crippen molar-refractivity contribution in [2.75, 3.05) is 31.3 Å². The second-order valence-electron chi connectivity index (χ2n) is 10.1. The minimum Gasteiger partial charge on any atom is -0.497 e. The van der Waals surface area contributed by atoms with Crippen LogP contribution in [0, 0.1) is 12.7 Å². The summed E-state index contributed by atoms with van der Waals surface area (Å²) >= 11 is 0. The number of carbonyl (C=O) groups excluding carboxylic acids is 2. The summed E-state index contributed by atoms with van der Waals surface area (Å²) in [6.45, 7) is 4.19. The van der Waals surface area contributed by atoms with Gasteiger partial charge in [0.1, 0.15) is 28.5 Å². The number of nitrogens with zero attached hydrogens (tertiary/aromatic N) is 4. The zero-order valence-electron chi connectivity index (χ0n) is 23.4. The zero-order valence-corrected chi connectivity index (χ0v) is 24.2. The topological polar surface area (TPSA) is 135 Å². The first-order chi connectivity index (χ1) is 20.1. The van der Waals surface area contributed by atoms with E-state index in [0.717, 1.165) is 30.4 Å². The highest BCUT2D eigenvalue weighted by molar-refractivity contribution is 7.90. The van der Waals surface area contributed by atoms with Crippen molar-refractivity contribution in [3.05, 3.63) is 82.9 Å². The summed E-state index contributed by atoms with van der Waals surface area (Å²) in [4.78, 5) is 32.6. The van der Waals surface area contributed by atoms with E-state index < -0.39 is 21.7 Å². The molecule has 4 aromatic rings. The number of amides is 2. The van der Waals surface area contributed by atoms with Crippen LogP contribution >= 0.6 is 0 Å². The predicted octanol–water partition coefficient (Wildman–Crippen LogP) is 4.03. The Morgan fingerprint density at radius 1 is 1.07 bits per heavy atom. The molecule has 1 saturated heterocycles. The number of benzene rings is 2. The second kappa shape index (κ2) is 11.8. The largest absolute Gasteiger partial charge is 0.497 e. The van der Waals surface area contributed by atoms with Crippen molar-refractivity contribution in [2.24, 2.45) is 0 Å². The molecule has 3 heterocycles. The van der Waals surface area contributed by atoms with Crippen LogP contribution < -0.4 is 14.8 Å². The maximum Gasteiger partial charge on any atom is 0.270 e. The monoisotopic (exact) mass is 594 g/mol. The van der Waals surface area contributed by atoms with Crippen LogP contribution in [0.4, 0.5) is 15.9 Å². The molecule has 0 unspecified atom stereocenters.